The van der Waals surface area contributed by atoms with Gasteiger partial charge >= 0.3 is 0 Å². The molecule has 1 aromatic heterocycles. The number of hydrazine groups is 1. The average Bonchev–Trinajstić information content (AvgIpc) is 2.80. The molecule has 1 saturated heterocycles. The number of hydrogen-bond acceptors (Lipinski definition) is 4. The maximum absolute atomic E-state index is 6.11. The molecule has 0 radical (unpaired) electrons. The monoisotopic (exact) mass is 246 g/mol. The van der Waals surface area contributed by atoms with Crippen molar-refractivity contribution in [2.24, 2.45) is 11.8 Å². The minimum Gasteiger partial charge on any atom is -0.378 e. The highest BCUT2D eigenvalue weighted by molar-refractivity contribution is 7.10. The van der Waals surface area contributed by atoms with E-state index in [0.717, 1.165) is 22.9 Å². The quantitative estimate of drug-likeness (QED) is 0.636. The van der Waals surface area contributed by atoms with Crippen molar-refractivity contribution in [1.82, 2.24) is 5.43 Å². The van der Waals surface area contributed by atoms with Crippen LogP contribution in [-0.2, 0) is 4.74 Å². The van der Waals surface area contributed by atoms with E-state index >= 15 is 0 Å². The normalized spacial score (nSPS) is 28.2. The van der Waals surface area contributed by atoms with Crippen LogP contribution in [0, 0.1) is 5.92 Å². The number of nitrogens with two attached hydrogens (primary N) is 1. The first kappa shape index (κ1) is 11.4. The molecule has 0 aromatic carbocycles. The largest absolute Gasteiger partial charge is 0.378 e. The minimum atomic E-state index is 0.106. The molecule has 0 amide bonds. The van der Waals surface area contributed by atoms with Crippen molar-refractivity contribution in [2.75, 3.05) is 6.61 Å². The molecule has 0 bridgehead atoms. The molecule has 3 nitrogen and oxygen atoms in total. The van der Waals surface area contributed by atoms with Crippen LogP contribution in [0.3, 0.4) is 0 Å². The lowest BCUT2D eigenvalue weighted by Gasteiger charge is -2.24. The zero-order chi connectivity index (χ0) is 10.8. The molecule has 0 aliphatic carbocycles. The van der Waals surface area contributed by atoms with Crippen LogP contribution in [0.1, 0.15) is 24.3 Å². The Morgan fingerprint density at radius 3 is 3.00 bits per heavy atom. The fourth-order valence-corrected chi connectivity index (χ4v) is 3.42. The Bertz CT molecular complexity index is 331. The lowest BCUT2D eigenvalue weighted by atomic mass is 9.93. The third-order valence-corrected chi connectivity index (χ3v) is 4.41. The zero-order valence-corrected chi connectivity index (χ0v) is 10.1. The molecule has 15 heavy (non-hydrogen) atoms. The third kappa shape index (κ3) is 2.19. The highest BCUT2D eigenvalue weighted by atomic mass is 35.5. The third-order valence-electron chi connectivity index (χ3n) is 2.97. The predicted octanol–water partition coefficient (Wildman–Crippen LogP) is 2.33. The second-order valence-electron chi connectivity index (χ2n) is 3.81. The zero-order valence-electron chi connectivity index (χ0n) is 8.57. The van der Waals surface area contributed by atoms with Crippen LogP contribution >= 0.6 is 22.9 Å². The van der Waals surface area contributed by atoms with Crippen LogP contribution in [0.25, 0.3) is 0 Å². The summed E-state index contributed by atoms with van der Waals surface area (Å²) in [4.78, 5) is 1.11. The number of thiophene rings is 1. The summed E-state index contributed by atoms with van der Waals surface area (Å²) in [6, 6.07) is 2.02. The topological polar surface area (TPSA) is 47.3 Å². The van der Waals surface area contributed by atoms with E-state index in [0.29, 0.717) is 5.92 Å². The van der Waals surface area contributed by atoms with Gasteiger partial charge < -0.3 is 4.74 Å². The first-order valence-electron chi connectivity index (χ1n) is 5.04. The van der Waals surface area contributed by atoms with Crippen LogP contribution in [0.2, 0.25) is 5.02 Å². The predicted molar refractivity (Wildman–Crippen MR) is 62.9 cm³/mol. The van der Waals surface area contributed by atoms with Gasteiger partial charge in [0.25, 0.3) is 0 Å². The summed E-state index contributed by atoms with van der Waals surface area (Å²) in [5, 5.41) is 2.78. The Balaban J connectivity index is 2.20. The number of nitrogens with one attached hydrogen (secondary N) is 1. The van der Waals surface area contributed by atoms with E-state index in [1.165, 1.54) is 0 Å². The summed E-state index contributed by atoms with van der Waals surface area (Å²) in [6.45, 7) is 2.90. The molecule has 0 spiro atoms. The Hall–Kier alpha value is -0.130. The second kappa shape index (κ2) is 4.80. The van der Waals surface area contributed by atoms with Gasteiger partial charge in [-0.2, -0.15) is 0 Å². The fraction of sp³-hybridized carbons (Fsp3) is 0.600. The molecule has 1 fully saturated rings. The van der Waals surface area contributed by atoms with Gasteiger partial charge in [-0.1, -0.05) is 11.6 Å². The van der Waals surface area contributed by atoms with Crippen LogP contribution in [0.5, 0.6) is 0 Å². The average molecular weight is 247 g/mol. The van der Waals surface area contributed by atoms with Crippen molar-refractivity contribution in [3.63, 3.8) is 0 Å². The van der Waals surface area contributed by atoms with Gasteiger partial charge in [-0.3, -0.25) is 11.3 Å². The van der Waals surface area contributed by atoms with E-state index in [-0.39, 0.29) is 12.1 Å². The van der Waals surface area contributed by atoms with Crippen molar-refractivity contribution in [3.05, 3.63) is 21.3 Å². The van der Waals surface area contributed by atoms with Crippen LogP contribution in [0.4, 0.5) is 0 Å². The summed E-state index contributed by atoms with van der Waals surface area (Å²) < 4.78 is 5.55. The Kier molecular flexibility index (Phi) is 3.64. The van der Waals surface area contributed by atoms with Gasteiger partial charge in [0.1, 0.15) is 0 Å². The molecule has 3 unspecified atom stereocenters. The molecule has 1 aliphatic heterocycles. The molecule has 5 heteroatoms. The lowest BCUT2D eigenvalue weighted by Crippen LogP contribution is -2.35. The molecule has 2 rings (SSSR count). The summed E-state index contributed by atoms with van der Waals surface area (Å²) >= 11 is 7.75. The standard InChI is InChI=1S/C10H15ClN2OS/c1-6-7(2-4-14-6)9(13-12)10-8(11)3-5-15-10/h3,5-7,9,13H,2,4,12H2,1H3. The Morgan fingerprint density at radius 2 is 2.53 bits per heavy atom. The first-order valence-corrected chi connectivity index (χ1v) is 6.30. The summed E-state index contributed by atoms with van der Waals surface area (Å²) in [7, 11) is 0. The van der Waals surface area contributed by atoms with Crippen molar-refractivity contribution in [1.29, 1.82) is 0 Å². The maximum Gasteiger partial charge on any atom is 0.0621 e. The molecule has 2 heterocycles. The molecular formula is C10H15ClN2OS. The van der Waals surface area contributed by atoms with Crippen molar-refractivity contribution in [2.45, 2.75) is 25.5 Å². The summed E-state index contributed by atoms with van der Waals surface area (Å²) in [5.41, 5.74) is 2.86. The van der Waals surface area contributed by atoms with Crippen LogP contribution in [0.15, 0.2) is 11.4 Å². The van der Waals surface area contributed by atoms with Gasteiger partial charge in [-0.15, -0.1) is 11.3 Å². The molecule has 3 N–H and O–H groups in total. The maximum atomic E-state index is 6.11. The molecule has 0 saturated carbocycles. The van der Waals surface area contributed by atoms with Gasteiger partial charge in [0.05, 0.1) is 17.2 Å². The van der Waals surface area contributed by atoms with Crippen molar-refractivity contribution >= 4 is 22.9 Å². The SMILES string of the molecule is CC1OCCC1C(NN)c1sccc1Cl. The Labute approximate surface area is 98.5 Å². The van der Waals surface area contributed by atoms with E-state index in [1.54, 1.807) is 11.3 Å². The molecule has 1 aromatic rings. The van der Waals surface area contributed by atoms with E-state index in [4.69, 9.17) is 22.2 Å². The highest BCUT2D eigenvalue weighted by Crippen LogP contribution is 2.38. The summed E-state index contributed by atoms with van der Waals surface area (Å²) in [5.74, 6) is 6.03. The van der Waals surface area contributed by atoms with Gasteiger partial charge in [0, 0.05) is 17.4 Å². The summed E-state index contributed by atoms with van der Waals surface area (Å²) in [6.07, 6.45) is 1.27. The molecular weight excluding hydrogens is 232 g/mol. The highest BCUT2D eigenvalue weighted by Gasteiger charge is 2.33. The van der Waals surface area contributed by atoms with Gasteiger partial charge in [0.15, 0.2) is 0 Å². The van der Waals surface area contributed by atoms with E-state index < -0.39 is 0 Å². The molecule has 1 aliphatic rings. The smallest absolute Gasteiger partial charge is 0.0621 e. The van der Waals surface area contributed by atoms with Crippen LogP contribution < -0.4 is 11.3 Å². The van der Waals surface area contributed by atoms with Crippen molar-refractivity contribution < 1.29 is 4.74 Å². The van der Waals surface area contributed by atoms with Gasteiger partial charge in [0.2, 0.25) is 0 Å². The lowest BCUT2D eigenvalue weighted by molar-refractivity contribution is 0.0958. The van der Waals surface area contributed by atoms with Crippen LogP contribution in [-0.4, -0.2) is 12.7 Å². The molecule has 84 valence electrons. The number of rotatable bonds is 3. The van der Waals surface area contributed by atoms with Gasteiger partial charge in [-0.05, 0) is 24.8 Å². The number of ether oxygens (including phenoxy) is 1. The van der Waals surface area contributed by atoms with E-state index in [9.17, 15) is 0 Å². The first-order chi connectivity index (χ1) is 7.24. The Morgan fingerprint density at radius 1 is 1.73 bits per heavy atom. The molecule has 3 atom stereocenters. The number of halogens is 1. The fourth-order valence-electron chi connectivity index (χ4n) is 2.11. The van der Waals surface area contributed by atoms with Crippen molar-refractivity contribution in [3.8, 4) is 0 Å². The van der Waals surface area contributed by atoms with Gasteiger partial charge in [-0.25, -0.2) is 0 Å². The van der Waals surface area contributed by atoms with E-state index in [2.05, 4.69) is 12.3 Å². The van der Waals surface area contributed by atoms with E-state index in [1.807, 2.05) is 11.4 Å². The second-order valence-corrected chi connectivity index (χ2v) is 5.16. The number of hydrogen-bond donors (Lipinski definition) is 2. The minimum absolute atomic E-state index is 0.106.